The molecule has 194 valence electrons. The number of ether oxygens (including phenoxy) is 4. The topological polar surface area (TPSA) is 111 Å². The molecule has 0 aliphatic carbocycles. The highest BCUT2D eigenvalue weighted by molar-refractivity contribution is 6.00. The van der Waals surface area contributed by atoms with Crippen molar-refractivity contribution in [1.82, 2.24) is 10.9 Å². The van der Waals surface area contributed by atoms with Crippen LogP contribution in [0.1, 0.15) is 30.9 Å². The van der Waals surface area contributed by atoms with Crippen molar-refractivity contribution in [2.45, 2.75) is 37.8 Å². The van der Waals surface area contributed by atoms with Crippen LogP contribution >= 0.6 is 0 Å². The van der Waals surface area contributed by atoms with Gasteiger partial charge in [-0.05, 0) is 61.4 Å². The number of nitrogens with one attached hydrogen (secondary N) is 2. The molecular formula is C27H35N3O6. The second-order valence-electron chi connectivity index (χ2n) is 8.35. The van der Waals surface area contributed by atoms with E-state index in [1.54, 1.807) is 20.3 Å². The molecule has 0 radical (unpaired) electrons. The predicted molar refractivity (Wildman–Crippen MR) is 138 cm³/mol. The minimum Gasteiger partial charge on any atom is -0.497 e. The lowest BCUT2D eigenvalue weighted by Gasteiger charge is -2.27. The van der Waals surface area contributed by atoms with Gasteiger partial charge in [0.25, 0.3) is 5.91 Å². The number of methoxy groups -OCH3 is 2. The summed E-state index contributed by atoms with van der Waals surface area (Å²) in [4.78, 5) is 18.0. The zero-order chi connectivity index (χ0) is 26.0. The SMILES string of the molecule is C=CC[C@]1(C(=O)NNCCc2cc(OC)ccc2OC)N=C(c2ccc(OCCCO)cc2)O[C@H]1C. The van der Waals surface area contributed by atoms with E-state index in [1.165, 1.54) is 0 Å². The molecule has 0 bridgehead atoms. The number of carbonyl (C=O) groups is 1. The summed E-state index contributed by atoms with van der Waals surface area (Å²) in [5.74, 6) is 2.27. The first kappa shape index (κ1) is 27.0. The number of rotatable bonds is 14. The molecule has 1 amide bonds. The summed E-state index contributed by atoms with van der Waals surface area (Å²) in [6, 6.07) is 12.9. The third-order valence-electron chi connectivity index (χ3n) is 5.99. The maximum atomic E-state index is 13.3. The zero-order valence-electron chi connectivity index (χ0n) is 21.1. The summed E-state index contributed by atoms with van der Waals surface area (Å²) in [6.45, 7) is 6.64. The molecule has 1 heterocycles. The Kier molecular flexibility index (Phi) is 9.72. The summed E-state index contributed by atoms with van der Waals surface area (Å²) in [5, 5.41) is 8.89. The maximum Gasteiger partial charge on any atom is 0.266 e. The molecule has 0 fully saturated rings. The third kappa shape index (κ3) is 6.35. The largest absolute Gasteiger partial charge is 0.497 e. The van der Waals surface area contributed by atoms with E-state index in [1.807, 2.05) is 49.4 Å². The third-order valence-corrected chi connectivity index (χ3v) is 5.99. The van der Waals surface area contributed by atoms with Gasteiger partial charge in [0.05, 0.1) is 20.8 Å². The van der Waals surface area contributed by atoms with Gasteiger partial charge in [-0.15, -0.1) is 6.58 Å². The summed E-state index contributed by atoms with van der Waals surface area (Å²) in [6.07, 6.45) is 2.67. The summed E-state index contributed by atoms with van der Waals surface area (Å²) in [5.41, 5.74) is 6.35. The van der Waals surface area contributed by atoms with Gasteiger partial charge in [-0.2, -0.15) is 0 Å². The Bertz CT molecular complexity index is 1060. The van der Waals surface area contributed by atoms with E-state index in [9.17, 15) is 4.79 Å². The summed E-state index contributed by atoms with van der Waals surface area (Å²) in [7, 11) is 3.23. The maximum absolute atomic E-state index is 13.3. The summed E-state index contributed by atoms with van der Waals surface area (Å²) >= 11 is 0. The number of hydrazine groups is 1. The molecule has 0 spiro atoms. The first-order chi connectivity index (χ1) is 17.5. The first-order valence-corrected chi connectivity index (χ1v) is 11.9. The minimum atomic E-state index is -1.14. The number of aliphatic hydroxyl groups is 1. The fraction of sp³-hybridized carbons (Fsp3) is 0.407. The van der Waals surface area contributed by atoms with Crippen molar-refractivity contribution in [3.63, 3.8) is 0 Å². The van der Waals surface area contributed by atoms with Crippen LogP contribution in [0, 0.1) is 0 Å². The van der Waals surface area contributed by atoms with Gasteiger partial charge in [-0.25, -0.2) is 10.4 Å². The Morgan fingerprint density at radius 2 is 1.94 bits per heavy atom. The number of benzene rings is 2. The Morgan fingerprint density at radius 3 is 2.61 bits per heavy atom. The molecule has 9 nitrogen and oxygen atoms in total. The Labute approximate surface area is 212 Å². The molecule has 1 aliphatic heterocycles. The quantitative estimate of drug-likeness (QED) is 0.209. The second kappa shape index (κ2) is 12.9. The number of hydrogen-bond acceptors (Lipinski definition) is 8. The highest BCUT2D eigenvalue weighted by atomic mass is 16.5. The Morgan fingerprint density at radius 1 is 1.19 bits per heavy atom. The van der Waals surface area contributed by atoms with Crippen LogP contribution in [0.3, 0.4) is 0 Å². The van der Waals surface area contributed by atoms with Crippen LogP contribution in [0.2, 0.25) is 0 Å². The van der Waals surface area contributed by atoms with Crippen molar-refractivity contribution in [1.29, 1.82) is 0 Å². The molecule has 0 saturated carbocycles. The molecule has 2 aromatic rings. The number of hydrogen-bond donors (Lipinski definition) is 3. The smallest absolute Gasteiger partial charge is 0.266 e. The van der Waals surface area contributed by atoms with Crippen LogP contribution < -0.4 is 25.1 Å². The number of aliphatic hydroxyl groups excluding tert-OH is 1. The highest BCUT2D eigenvalue weighted by Crippen LogP contribution is 2.32. The normalized spacial score (nSPS) is 18.7. The van der Waals surface area contributed by atoms with Crippen LogP contribution in [0.5, 0.6) is 17.2 Å². The molecule has 1 aliphatic rings. The van der Waals surface area contributed by atoms with Gasteiger partial charge < -0.3 is 24.1 Å². The van der Waals surface area contributed by atoms with Gasteiger partial charge in [0.15, 0.2) is 5.54 Å². The van der Waals surface area contributed by atoms with E-state index in [0.29, 0.717) is 44.1 Å². The van der Waals surface area contributed by atoms with Gasteiger partial charge in [-0.1, -0.05) is 6.08 Å². The number of carbonyl (C=O) groups excluding carboxylic acids is 1. The van der Waals surface area contributed by atoms with Gasteiger partial charge in [0.2, 0.25) is 5.90 Å². The Balaban J connectivity index is 1.65. The number of amides is 1. The molecule has 9 heteroatoms. The van der Waals surface area contributed by atoms with E-state index in [0.717, 1.165) is 22.6 Å². The molecule has 3 rings (SSSR count). The van der Waals surface area contributed by atoms with Crippen molar-refractivity contribution < 1.29 is 28.8 Å². The molecule has 0 aromatic heterocycles. The number of aliphatic imine (C=N–C) groups is 1. The highest BCUT2D eigenvalue weighted by Gasteiger charge is 2.49. The molecular weight excluding hydrogens is 462 g/mol. The molecule has 2 atom stereocenters. The van der Waals surface area contributed by atoms with Crippen molar-refractivity contribution >= 4 is 11.8 Å². The van der Waals surface area contributed by atoms with Crippen LogP contribution in [-0.4, -0.2) is 62.5 Å². The minimum absolute atomic E-state index is 0.0815. The van der Waals surface area contributed by atoms with Crippen LogP contribution in [0.25, 0.3) is 0 Å². The monoisotopic (exact) mass is 497 g/mol. The lowest BCUT2D eigenvalue weighted by atomic mass is 9.90. The molecule has 3 N–H and O–H groups in total. The fourth-order valence-corrected chi connectivity index (χ4v) is 3.93. The number of nitrogens with zero attached hydrogens (tertiary/aromatic N) is 1. The zero-order valence-corrected chi connectivity index (χ0v) is 21.1. The van der Waals surface area contributed by atoms with Crippen LogP contribution in [-0.2, 0) is 16.0 Å². The average Bonchev–Trinajstić information content (AvgIpc) is 3.24. The van der Waals surface area contributed by atoms with Gasteiger partial charge >= 0.3 is 0 Å². The van der Waals surface area contributed by atoms with E-state index in [4.69, 9.17) is 29.0 Å². The molecule has 2 aromatic carbocycles. The predicted octanol–water partition coefficient (Wildman–Crippen LogP) is 2.81. The lowest BCUT2D eigenvalue weighted by molar-refractivity contribution is -0.129. The molecule has 0 saturated heterocycles. The van der Waals surface area contributed by atoms with E-state index < -0.39 is 11.6 Å². The first-order valence-electron chi connectivity index (χ1n) is 11.9. The van der Waals surface area contributed by atoms with Gasteiger partial charge in [-0.3, -0.25) is 10.2 Å². The van der Waals surface area contributed by atoms with Crippen molar-refractivity contribution in [3.05, 3.63) is 66.2 Å². The van der Waals surface area contributed by atoms with Crippen molar-refractivity contribution in [2.24, 2.45) is 4.99 Å². The second-order valence-corrected chi connectivity index (χ2v) is 8.35. The summed E-state index contributed by atoms with van der Waals surface area (Å²) < 4.78 is 22.3. The van der Waals surface area contributed by atoms with Crippen molar-refractivity contribution in [3.8, 4) is 17.2 Å². The average molecular weight is 498 g/mol. The van der Waals surface area contributed by atoms with E-state index in [-0.39, 0.29) is 12.5 Å². The molecule has 0 unspecified atom stereocenters. The van der Waals surface area contributed by atoms with Crippen LogP contribution in [0.15, 0.2) is 60.1 Å². The Hall–Kier alpha value is -3.56. The standard InChI is InChI=1S/C27H35N3O6/c1-5-14-27(26(32)30-28-15-13-21-18-23(33-3)11-12-24(21)34-4)19(2)36-25(29-27)20-7-9-22(10-8-20)35-17-6-16-31/h5,7-12,18-19,28,31H,1,6,13-17H2,2-4H3,(H,30,32)/t19-,27-/m0/s1. The van der Waals surface area contributed by atoms with Crippen molar-refractivity contribution in [2.75, 3.05) is 34.0 Å². The fourth-order valence-electron chi connectivity index (χ4n) is 3.93. The van der Waals surface area contributed by atoms with Gasteiger partial charge in [0, 0.05) is 31.6 Å². The van der Waals surface area contributed by atoms with Crippen LogP contribution in [0.4, 0.5) is 0 Å². The van der Waals surface area contributed by atoms with E-state index in [2.05, 4.69) is 17.4 Å². The molecule has 36 heavy (non-hydrogen) atoms. The van der Waals surface area contributed by atoms with E-state index >= 15 is 0 Å². The van der Waals surface area contributed by atoms with Gasteiger partial charge in [0.1, 0.15) is 23.4 Å². The lowest BCUT2D eigenvalue weighted by Crippen LogP contribution is -2.54.